The van der Waals surface area contributed by atoms with E-state index in [1.165, 1.54) is 0 Å². The molecule has 1 aliphatic carbocycles. The summed E-state index contributed by atoms with van der Waals surface area (Å²) >= 11 is 0. The molecule has 2 heterocycles. The summed E-state index contributed by atoms with van der Waals surface area (Å²) in [4.78, 5) is 16.4. The first kappa shape index (κ1) is 18.0. The van der Waals surface area contributed by atoms with Crippen molar-refractivity contribution in [2.24, 2.45) is 0 Å². The van der Waals surface area contributed by atoms with E-state index < -0.39 is 0 Å². The van der Waals surface area contributed by atoms with E-state index in [9.17, 15) is 4.79 Å². The van der Waals surface area contributed by atoms with Gasteiger partial charge in [-0.25, -0.2) is 4.98 Å². The van der Waals surface area contributed by atoms with Crippen LogP contribution in [-0.2, 0) is 16.6 Å². The van der Waals surface area contributed by atoms with Gasteiger partial charge in [-0.3, -0.25) is 10.1 Å². The maximum atomic E-state index is 12.3. The Morgan fingerprint density at radius 3 is 2.68 bits per heavy atom. The predicted molar refractivity (Wildman–Crippen MR) is 106 cm³/mol. The number of rotatable bonds is 6. The number of aromatic nitrogens is 2. The van der Waals surface area contributed by atoms with Gasteiger partial charge in [-0.05, 0) is 30.0 Å². The van der Waals surface area contributed by atoms with E-state index in [1.54, 1.807) is 13.3 Å². The lowest BCUT2D eigenvalue weighted by Crippen LogP contribution is -2.13. The van der Waals surface area contributed by atoms with Gasteiger partial charge < -0.3 is 15.0 Å². The molecular weight excluding hydrogens is 356 g/mol. The van der Waals surface area contributed by atoms with Crippen LogP contribution in [0.15, 0.2) is 47.1 Å². The molecule has 0 saturated heterocycles. The highest BCUT2D eigenvalue weighted by Crippen LogP contribution is 2.47. The van der Waals surface area contributed by atoms with Crippen molar-refractivity contribution in [1.29, 1.82) is 0 Å². The van der Waals surface area contributed by atoms with Crippen molar-refractivity contribution in [3.63, 3.8) is 0 Å². The van der Waals surface area contributed by atoms with Crippen LogP contribution in [-0.4, -0.2) is 23.2 Å². The topological polar surface area (TPSA) is 103 Å². The number of nitrogens with two attached hydrogens (primary N) is 1. The predicted octanol–water partition coefficient (Wildman–Crippen LogP) is 3.56. The van der Waals surface area contributed by atoms with Crippen LogP contribution < -0.4 is 15.8 Å². The molecule has 0 spiro atoms. The highest BCUT2D eigenvalue weighted by atomic mass is 16.5. The molecule has 28 heavy (non-hydrogen) atoms. The molecule has 3 aromatic rings. The molecule has 1 fully saturated rings. The van der Waals surface area contributed by atoms with E-state index in [2.05, 4.69) is 22.4 Å². The van der Waals surface area contributed by atoms with E-state index in [-0.39, 0.29) is 17.7 Å². The van der Waals surface area contributed by atoms with Gasteiger partial charge in [0.05, 0.1) is 19.2 Å². The maximum Gasteiger partial charge on any atom is 0.231 e. The van der Waals surface area contributed by atoms with Crippen LogP contribution in [0.4, 0.5) is 11.7 Å². The van der Waals surface area contributed by atoms with E-state index in [0.29, 0.717) is 17.5 Å². The van der Waals surface area contributed by atoms with Gasteiger partial charge in [-0.2, -0.15) is 0 Å². The molecule has 0 unspecified atom stereocenters. The fourth-order valence-electron chi connectivity index (χ4n) is 3.02. The van der Waals surface area contributed by atoms with Crippen molar-refractivity contribution >= 4 is 17.6 Å². The van der Waals surface area contributed by atoms with E-state index in [4.69, 9.17) is 15.0 Å². The number of carbonyl (C=O) groups is 1. The Morgan fingerprint density at radius 1 is 1.25 bits per heavy atom. The van der Waals surface area contributed by atoms with Gasteiger partial charge in [0.2, 0.25) is 11.8 Å². The minimum absolute atomic E-state index is 0.113. The summed E-state index contributed by atoms with van der Waals surface area (Å²) in [5.41, 5.74) is 9.52. The molecule has 0 radical (unpaired) electrons. The number of carbonyl (C=O) groups excluding carboxylic acids is 1. The van der Waals surface area contributed by atoms with Crippen molar-refractivity contribution < 1.29 is 14.1 Å². The molecule has 0 bridgehead atoms. The van der Waals surface area contributed by atoms with Crippen LogP contribution in [0.5, 0.6) is 5.75 Å². The SMILES string of the molecule is COc1cc(-c2ccc(CC(=O)Nc3cc(C4(C)CC4)no3)cc2)cnc1N. The Hall–Kier alpha value is -3.35. The third-order valence-electron chi connectivity index (χ3n) is 5.14. The Bertz CT molecular complexity index is 1010. The van der Waals surface area contributed by atoms with Crippen LogP contribution in [0.3, 0.4) is 0 Å². The number of nitrogens with zero attached hydrogens (tertiary/aromatic N) is 2. The first-order valence-electron chi connectivity index (χ1n) is 9.13. The van der Waals surface area contributed by atoms with Crippen molar-refractivity contribution in [3.05, 3.63) is 53.9 Å². The van der Waals surface area contributed by atoms with Gasteiger partial charge in [0.15, 0.2) is 11.6 Å². The van der Waals surface area contributed by atoms with Crippen LogP contribution in [0.25, 0.3) is 11.1 Å². The smallest absolute Gasteiger partial charge is 0.231 e. The molecule has 7 heteroatoms. The lowest BCUT2D eigenvalue weighted by Gasteiger charge is -2.08. The van der Waals surface area contributed by atoms with Crippen molar-refractivity contribution in [2.45, 2.75) is 31.6 Å². The average Bonchev–Trinajstić information content (AvgIpc) is 3.26. The molecule has 3 N–H and O–H groups in total. The number of methoxy groups -OCH3 is 1. The largest absolute Gasteiger partial charge is 0.493 e. The summed E-state index contributed by atoms with van der Waals surface area (Å²) in [6.07, 6.45) is 4.15. The maximum absolute atomic E-state index is 12.3. The third-order valence-corrected chi connectivity index (χ3v) is 5.14. The summed E-state index contributed by atoms with van der Waals surface area (Å²) in [6.45, 7) is 2.14. The third kappa shape index (κ3) is 3.69. The van der Waals surface area contributed by atoms with E-state index in [1.807, 2.05) is 36.4 Å². The second-order valence-corrected chi connectivity index (χ2v) is 7.37. The highest BCUT2D eigenvalue weighted by molar-refractivity contribution is 5.91. The molecule has 1 amide bonds. The van der Waals surface area contributed by atoms with Crippen LogP contribution >= 0.6 is 0 Å². The molecule has 4 rings (SSSR count). The first-order chi connectivity index (χ1) is 13.5. The standard InChI is InChI=1S/C21H22N4O3/c1-21(7-8-21)17-11-19(28-25-17)24-18(26)9-13-3-5-14(6-4-13)15-10-16(27-2)20(22)23-12-15/h3-6,10-12H,7-9H2,1-2H3,(H2,22,23)(H,24,26). The molecule has 0 aliphatic heterocycles. The van der Waals surface area contributed by atoms with Crippen LogP contribution in [0.2, 0.25) is 0 Å². The molecule has 7 nitrogen and oxygen atoms in total. The molecule has 1 saturated carbocycles. The number of nitrogens with one attached hydrogen (secondary N) is 1. The number of benzene rings is 1. The zero-order valence-corrected chi connectivity index (χ0v) is 15.9. The number of nitrogen functional groups attached to an aromatic ring is 1. The van der Waals surface area contributed by atoms with Gasteiger partial charge >= 0.3 is 0 Å². The zero-order chi connectivity index (χ0) is 19.7. The molecule has 1 aromatic carbocycles. The zero-order valence-electron chi connectivity index (χ0n) is 15.9. The van der Waals surface area contributed by atoms with Crippen molar-refractivity contribution in [3.8, 4) is 16.9 Å². The summed E-state index contributed by atoms with van der Waals surface area (Å²) in [5.74, 6) is 1.13. The van der Waals surface area contributed by atoms with Crippen molar-refractivity contribution in [1.82, 2.24) is 10.1 Å². The Morgan fingerprint density at radius 2 is 2.00 bits per heavy atom. The van der Waals surface area contributed by atoms with Gasteiger partial charge in [0.25, 0.3) is 0 Å². The minimum atomic E-state index is -0.146. The number of hydrogen-bond donors (Lipinski definition) is 2. The molecular formula is C21H22N4O3. The fraction of sp³-hybridized carbons (Fsp3) is 0.286. The minimum Gasteiger partial charge on any atom is -0.493 e. The van der Waals surface area contributed by atoms with Crippen molar-refractivity contribution in [2.75, 3.05) is 18.2 Å². The summed E-state index contributed by atoms with van der Waals surface area (Å²) in [5, 5.41) is 6.83. The van der Waals surface area contributed by atoms with E-state index in [0.717, 1.165) is 35.2 Å². The molecule has 1 aliphatic rings. The first-order valence-corrected chi connectivity index (χ1v) is 9.13. The van der Waals surface area contributed by atoms with Crippen LogP contribution in [0.1, 0.15) is 31.0 Å². The molecule has 2 aromatic heterocycles. The molecule has 0 atom stereocenters. The normalized spacial score (nSPS) is 14.5. The number of anilines is 2. The lowest BCUT2D eigenvalue weighted by molar-refractivity contribution is -0.115. The number of amides is 1. The summed E-state index contributed by atoms with van der Waals surface area (Å²) in [7, 11) is 1.56. The summed E-state index contributed by atoms with van der Waals surface area (Å²) < 4.78 is 10.4. The Balaban J connectivity index is 1.40. The quantitative estimate of drug-likeness (QED) is 0.680. The Labute approximate surface area is 162 Å². The Kier molecular flexibility index (Phi) is 4.50. The number of pyridine rings is 1. The van der Waals surface area contributed by atoms with Gasteiger partial charge in [-0.15, -0.1) is 0 Å². The van der Waals surface area contributed by atoms with E-state index >= 15 is 0 Å². The van der Waals surface area contributed by atoms with Gasteiger partial charge in [0, 0.05) is 23.2 Å². The monoisotopic (exact) mass is 378 g/mol. The van der Waals surface area contributed by atoms with Gasteiger partial charge in [-0.1, -0.05) is 36.3 Å². The van der Waals surface area contributed by atoms with Crippen LogP contribution in [0, 0.1) is 0 Å². The fourth-order valence-corrected chi connectivity index (χ4v) is 3.02. The number of hydrogen-bond acceptors (Lipinski definition) is 6. The number of ether oxygens (including phenoxy) is 1. The second kappa shape index (κ2) is 6.99. The average molecular weight is 378 g/mol. The molecule has 144 valence electrons. The highest BCUT2D eigenvalue weighted by Gasteiger charge is 2.42. The second-order valence-electron chi connectivity index (χ2n) is 7.37. The van der Waals surface area contributed by atoms with Gasteiger partial charge in [0.1, 0.15) is 0 Å². The summed E-state index contributed by atoms with van der Waals surface area (Å²) in [6, 6.07) is 11.4. The lowest BCUT2D eigenvalue weighted by atomic mass is 10.0.